The number of nitrogens with zero attached hydrogens (tertiary/aromatic N) is 7. The summed E-state index contributed by atoms with van der Waals surface area (Å²) in [4.78, 5) is 36.8. The third-order valence-corrected chi connectivity index (χ3v) is 10.9. The molecule has 0 spiro atoms. The first kappa shape index (κ1) is 38.4. The van der Waals surface area contributed by atoms with Crippen LogP contribution >= 0.6 is 11.6 Å². The summed E-state index contributed by atoms with van der Waals surface area (Å²) in [5, 5.41) is 2.94. The zero-order valence-corrected chi connectivity index (χ0v) is 31.6. The average Bonchev–Trinajstić information content (AvgIpc) is 3.65. The summed E-state index contributed by atoms with van der Waals surface area (Å²) in [6, 6.07) is 5.77. The quantitative estimate of drug-likeness (QED) is 0.112. The number of amides is 1. The van der Waals surface area contributed by atoms with Crippen molar-refractivity contribution in [2.75, 3.05) is 57.0 Å². The van der Waals surface area contributed by atoms with Gasteiger partial charge in [0.15, 0.2) is 5.82 Å². The van der Waals surface area contributed by atoms with Gasteiger partial charge in [-0.1, -0.05) is 23.8 Å². The van der Waals surface area contributed by atoms with Gasteiger partial charge in [0.1, 0.15) is 23.8 Å². The first-order chi connectivity index (χ1) is 26.2. The molecule has 2 atom stereocenters. The van der Waals surface area contributed by atoms with Crippen LogP contribution in [0.3, 0.4) is 0 Å². The van der Waals surface area contributed by atoms with Crippen molar-refractivity contribution < 1.29 is 27.1 Å². The SMILES string of the molecule is C=C1CN2CCC[C@@]2(COc2nc(N3CCN(C(=O)/C=C/c4cc(CNC)ccn4)C[C@@H]3C)c3cc(Cl)c(-c4nc(N)cc(C)c4C(F)(F)F)c(F)c3n2)C1. The fourth-order valence-electron chi connectivity index (χ4n) is 8.18. The highest BCUT2D eigenvalue weighted by molar-refractivity contribution is 6.34. The van der Waals surface area contributed by atoms with Gasteiger partial charge in [-0.15, -0.1) is 0 Å². The topological polar surface area (TPSA) is 126 Å². The van der Waals surface area contributed by atoms with Crippen LogP contribution in [0.5, 0.6) is 6.01 Å². The van der Waals surface area contributed by atoms with E-state index < -0.39 is 28.8 Å². The highest BCUT2D eigenvalue weighted by atomic mass is 35.5. The summed E-state index contributed by atoms with van der Waals surface area (Å²) in [6.07, 6.45) is 2.56. The van der Waals surface area contributed by atoms with Crippen LogP contribution in [0.25, 0.3) is 28.2 Å². The summed E-state index contributed by atoms with van der Waals surface area (Å²) >= 11 is 6.68. The van der Waals surface area contributed by atoms with Gasteiger partial charge in [-0.05, 0) is 88.2 Å². The Balaban J connectivity index is 1.25. The molecule has 3 N–H and O–H groups in total. The van der Waals surface area contributed by atoms with E-state index >= 15 is 4.39 Å². The molecule has 4 aromatic rings. The number of alkyl halides is 3. The molecule has 1 aromatic carbocycles. The molecule has 0 saturated carbocycles. The van der Waals surface area contributed by atoms with Crippen LogP contribution in [-0.4, -0.2) is 93.6 Å². The minimum atomic E-state index is -4.89. The first-order valence-corrected chi connectivity index (χ1v) is 18.5. The summed E-state index contributed by atoms with van der Waals surface area (Å²) in [5.74, 6) is -1.27. The molecular weight excluding hydrogens is 738 g/mol. The number of carbonyl (C=O) groups excluding carboxylic acids is 1. The molecule has 7 rings (SSSR count). The van der Waals surface area contributed by atoms with Crippen molar-refractivity contribution in [3.63, 3.8) is 0 Å². The maximum absolute atomic E-state index is 17.0. The van der Waals surface area contributed by atoms with E-state index in [0.29, 0.717) is 31.9 Å². The number of nitrogen functional groups attached to an aromatic ring is 1. The smallest absolute Gasteiger partial charge is 0.418 e. The highest BCUT2D eigenvalue weighted by Gasteiger charge is 2.47. The highest BCUT2D eigenvalue weighted by Crippen LogP contribution is 2.45. The Labute approximate surface area is 321 Å². The Kier molecular flexibility index (Phi) is 10.5. The lowest BCUT2D eigenvalue weighted by atomic mass is 9.94. The Bertz CT molecular complexity index is 2200. The maximum atomic E-state index is 17.0. The van der Waals surface area contributed by atoms with Crippen LogP contribution < -0.4 is 20.7 Å². The van der Waals surface area contributed by atoms with Crippen LogP contribution in [0.4, 0.5) is 29.2 Å². The second kappa shape index (κ2) is 15.0. The molecule has 3 aliphatic rings. The third-order valence-electron chi connectivity index (χ3n) is 10.6. The zero-order chi connectivity index (χ0) is 39.2. The number of hydrogen-bond donors (Lipinski definition) is 2. The molecule has 3 fully saturated rings. The van der Waals surface area contributed by atoms with Crippen molar-refractivity contribution in [2.45, 2.75) is 57.4 Å². The fraction of sp³-hybridized carbons (Fsp3) is 0.410. The number of hydrogen-bond acceptors (Lipinski definition) is 10. The van der Waals surface area contributed by atoms with E-state index in [9.17, 15) is 18.0 Å². The number of halogens is 5. The maximum Gasteiger partial charge on any atom is 0.418 e. The first-order valence-electron chi connectivity index (χ1n) is 18.1. The van der Waals surface area contributed by atoms with Crippen molar-refractivity contribution in [3.05, 3.63) is 81.9 Å². The summed E-state index contributed by atoms with van der Waals surface area (Å²) in [6.45, 7) is 10.7. The monoisotopic (exact) mass is 779 g/mol. The van der Waals surface area contributed by atoms with Crippen LogP contribution in [0.15, 0.2) is 48.7 Å². The summed E-state index contributed by atoms with van der Waals surface area (Å²) in [7, 11) is 1.85. The Hall–Kier alpha value is -4.86. The van der Waals surface area contributed by atoms with Gasteiger partial charge in [0.25, 0.3) is 0 Å². The third kappa shape index (κ3) is 7.57. The summed E-state index contributed by atoms with van der Waals surface area (Å²) in [5.41, 5.74) is 5.37. The number of aromatic nitrogens is 4. The normalized spacial score (nSPS) is 20.6. The van der Waals surface area contributed by atoms with Gasteiger partial charge < -0.3 is 25.6 Å². The van der Waals surface area contributed by atoms with Gasteiger partial charge in [-0.2, -0.15) is 23.1 Å². The van der Waals surface area contributed by atoms with Crippen molar-refractivity contribution >= 4 is 46.1 Å². The molecule has 1 amide bonds. The van der Waals surface area contributed by atoms with Gasteiger partial charge >= 0.3 is 12.2 Å². The second-order valence-corrected chi connectivity index (χ2v) is 15.0. The minimum absolute atomic E-state index is 0.136. The predicted octanol–water partition coefficient (Wildman–Crippen LogP) is 6.43. The van der Waals surface area contributed by atoms with E-state index in [1.54, 1.807) is 17.2 Å². The lowest BCUT2D eigenvalue weighted by molar-refractivity contribution is -0.137. The largest absolute Gasteiger partial charge is 0.461 e. The molecule has 6 heterocycles. The molecule has 11 nitrogen and oxygen atoms in total. The van der Waals surface area contributed by atoms with Gasteiger partial charge in [0, 0.05) is 56.4 Å². The lowest BCUT2D eigenvalue weighted by Crippen LogP contribution is -2.53. The van der Waals surface area contributed by atoms with E-state index in [0.717, 1.165) is 49.6 Å². The number of piperazine rings is 1. The number of nitrogens with two attached hydrogens (primary N) is 1. The minimum Gasteiger partial charge on any atom is -0.461 e. The van der Waals surface area contributed by atoms with Crippen molar-refractivity contribution in [1.29, 1.82) is 0 Å². The van der Waals surface area contributed by atoms with Gasteiger partial charge in [0.05, 0.1) is 33.1 Å². The molecule has 0 unspecified atom stereocenters. The number of pyridine rings is 2. The van der Waals surface area contributed by atoms with E-state index in [1.807, 2.05) is 31.0 Å². The Morgan fingerprint density at radius 2 is 2.00 bits per heavy atom. The molecule has 290 valence electrons. The van der Waals surface area contributed by atoms with Crippen LogP contribution in [0, 0.1) is 12.7 Å². The van der Waals surface area contributed by atoms with Crippen molar-refractivity contribution in [2.24, 2.45) is 0 Å². The predicted molar refractivity (Wildman–Crippen MR) is 204 cm³/mol. The van der Waals surface area contributed by atoms with E-state index in [1.165, 1.54) is 19.1 Å². The number of benzene rings is 1. The van der Waals surface area contributed by atoms with Gasteiger partial charge in [-0.25, -0.2) is 9.37 Å². The number of nitrogens with one attached hydrogen (secondary N) is 1. The lowest BCUT2D eigenvalue weighted by Gasteiger charge is -2.40. The van der Waals surface area contributed by atoms with E-state index in [4.69, 9.17) is 27.1 Å². The number of rotatable bonds is 9. The molecule has 0 aliphatic carbocycles. The standard InChI is InChI=1S/C39H42ClF4N9O2/c1-22-17-38(9-5-11-52(38)19-22)21-55-37-49-34-27(16-28(40)31(33(34)41)35-32(39(42,43)44)23(2)14-29(45)48-35)36(50-37)53-13-12-51(20-24(53)3)30(54)7-6-26-15-25(18-46-4)8-10-47-26/h6-8,10,14-16,24,46H,1,5,9,11-13,17-21H2,2-4H3,(H2,45,48)/b7-6+/t24-,38-/m0/s1. The molecule has 3 aliphatic heterocycles. The number of ether oxygens (including phenoxy) is 1. The van der Waals surface area contributed by atoms with Crippen LogP contribution in [0.2, 0.25) is 5.02 Å². The molecule has 16 heteroatoms. The Morgan fingerprint density at radius 1 is 1.20 bits per heavy atom. The number of aryl methyl sites for hydroxylation is 1. The fourth-order valence-corrected chi connectivity index (χ4v) is 8.46. The average molecular weight is 780 g/mol. The van der Waals surface area contributed by atoms with E-state index in [2.05, 4.69) is 31.7 Å². The van der Waals surface area contributed by atoms with Crippen LogP contribution in [-0.2, 0) is 17.5 Å². The van der Waals surface area contributed by atoms with Crippen LogP contribution in [0.1, 0.15) is 48.6 Å². The molecule has 0 bridgehead atoms. The number of anilines is 2. The van der Waals surface area contributed by atoms with Gasteiger partial charge in [-0.3, -0.25) is 14.7 Å². The molecule has 55 heavy (non-hydrogen) atoms. The van der Waals surface area contributed by atoms with Crippen molar-refractivity contribution in [3.8, 4) is 17.3 Å². The zero-order valence-electron chi connectivity index (χ0n) is 30.8. The van der Waals surface area contributed by atoms with Gasteiger partial charge in [0.2, 0.25) is 5.91 Å². The Morgan fingerprint density at radius 3 is 2.75 bits per heavy atom. The van der Waals surface area contributed by atoms with Crippen molar-refractivity contribution in [1.82, 2.24) is 35.1 Å². The van der Waals surface area contributed by atoms with E-state index in [-0.39, 0.29) is 63.2 Å². The summed E-state index contributed by atoms with van der Waals surface area (Å²) < 4.78 is 66.5. The number of carbonyl (C=O) groups is 1. The second-order valence-electron chi connectivity index (χ2n) is 14.6. The molecular formula is C39H42ClF4N9O2. The molecule has 0 radical (unpaired) electrons. The number of fused-ring (bicyclic) bond motifs is 2. The molecule has 3 saturated heterocycles. The molecule has 3 aromatic heterocycles.